The molecule has 1 saturated carbocycles. The summed E-state index contributed by atoms with van der Waals surface area (Å²) in [5.74, 6) is 0.798. The van der Waals surface area contributed by atoms with Gasteiger partial charge in [-0.3, -0.25) is 9.80 Å². The first kappa shape index (κ1) is 12.9. The Hall–Kier alpha value is -0.120. The van der Waals surface area contributed by atoms with Crippen molar-refractivity contribution >= 4 is 0 Å². The Morgan fingerprint density at radius 3 is 2.44 bits per heavy atom. The minimum atomic E-state index is 0.0663. The molecule has 18 heavy (non-hydrogen) atoms. The van der Waals surface area contributed by atoms with Crippen LogP contribution >= 0.6 is 0 Å². The van der Waals surface area contributed by atoms with E-state index in [1.807, 2.05) is 0 Å². The van der Waals surface area contributed by atoms with Crippen LogP contribution in [-0.2, 0) is 0 Å². The van der Waals surface area contributed by atoms with Gasteiger partial charge in [-0.05, 0) is 64.6 Å². The quantitative estimate of drug-likeness (QED) is 0.825. The average molecular weight is 251 g/mol. The molecule has 2 atom stereocenters. The van der Waals surface area contributed by atoms with Crippen LogP contribution < -0.4 is 5.73 Å². The second kappa shape index (κ2) is 5.10. The number of hydrogen-bond acceptors (Lipinski definition) is 3. The molecule has 0 spiro atoms. The zero-order valence-corrected chi connectivity index (χ0v) is 11.9. The van der Waals surface area contributed by atoms with Crippen LogP contribution in [0.5, 0.6) is 0 Å². The largest absolute Gasteiger partial charge is 0.324 e. The zero-order chi connectivity index (χ0) is 12.6. The summed E-state index contributed by atoms with van der Waals surface area (Å²) >= 11 is 0. The minimum Gasteiger partial charge on any atom is -0.324 e. The van der Waals surface area contributed by atoms with Crippen molar-refractivity contribution in [3.05, 3.63) is 0 Å². The van der Waals surface area contributed by atoms with Crippen molar-refractivity contribution in [2.45, 2.75) is 57.0 Å². The maximum atomic E-state index is 6.47. The molecule has 2 saturated heterocycles. The molecule has 0 aromatic heterocycles. The summed E-state index contributed by atoms with van der Waals surface area (Å²) in [4.78, 5) is 5.35. The second-order valence-corrected chi connectivity index (χ2v) is 7.05. The lowest BCUT2D eigenvalue weighted by Gasteiger charge is -2.34. The van der Waals surface area contributed by atoms with Gasteiger partial charge in [-0.15, -0.1) is 0 Å². The number of likely N-dealkylation sites (tertiary alicyclic amines) is 2. The van der Waals surface area contributed by atoms with E-state index in [9.17, 15) is 0 Å². The molecule has 2 aliphatic heterocycles. The Balaban J connectivity index is 1.48. The van der Waals surface area contributed by atoms with E-state index in [0.717, 1.165) is 18.5 Å². The molecule has 1 aliphatic carbocycles. The molecular weight excluding hydrogens is 222 g/mol. The Bertz CT molecular complexity index is 279. The lowest BCUT2D eigenvalue weighted by molar-refractivity contribution is 0.155. The second-order valence-electron chi connectivity index (χ2n) is 7.05. The van der Waals surface area contributed by atoms with Crippen LogP contribution in [0.15, 0.2) is 0 Å². The smallest absolute Gasteiger partial charge is 0.0283 e. The van der Waals surface area contributed by atoms with Crippen molar-refractivity contribution in [2.75, 3.05) is 32.7 Å². The first-order valence-corrected chi connectivity index (χ1v) is 7.90. The normalized spacial score (nSPS) is 34.7. The summed E-state index contributed by atoms with van der Waals surface area (Å²) in [6.07, 6.45) is 8.34. The van der Waals surface area contributed by atoms with Crippen molar-refractivity contribution in [3.63, 3.8) is 0 Å². The highest BCUT2D eigenvalue weighted by Gasteiger charge is 2.41. The molecule has 3 aliphatic rings. The van der Waals surface area contributed by atoms with Crippen LogP contribution in [0.25, 0.3) is 0 Å². The van der Waals surface area contributed by atoms with Gasteiger partial charge in [-0.2, -0.15) is 0 Å². The van der Waals surface area contributed by atoms with Crippen LogP contribution in [0, 0.1) is 5.92 Å². The van der Waals surface area contributed by atoms with Gasteiger partial charge in [0.2, 0.25) is 0 Å². The van der Waals surface area contributed by atoms with E-state index in [4.69, 9.17) is 5.73 Å². The Kier molecular flexibility index (Phi) is 3.65. The molecule has 2 heterocycles. The lowest BCUT2D eigenvalue weighted by atomic mass is 9.97. The fraction of sp³-hybridized carbons (Fsp3) is 1.00. The van der Waals surface area contributed by atoms with Crippen LogP contribution in [0.2, 0.25) is 0 Å². The van der Waals surface area contributed by atoms with E-state index < -0.39 is 0 Å². The Labute approximate surface area is 112 Å². The molecule has 2 unspecified atom stereocenters. The van der Waals surface area contributed by atoms with Crippen molar-refractivity contribution in [3.8, 4) is 0 Å². The van der Waals surface area contributed by atoms with Gasteiger partial charge in [-0.1, -0.05) is 6.42 Å². The van der Waals surface area contributed by atoms with Crippen molar-refractivity contribution in [2.24, 2.45) is 11.7 Å². The summed E-state index contributed by atoms with van der Waals surface area (Å²) < 4.78 is 0. The van der Waals surface area contributed by atoms with Gasteiger partial charge in [0, 0.05) is 24.7 Å². The number of piperidine rings is 1. The Morgan fingerprint density at radius 1 is 1.06 bits per heavy atom. The number of hydrogen-bond donors (Lipinski definition) is 1. The van der Waals surface area contributed by atoms with Crippen LogP contribution in [0.1, 0.15) is 45.4 Å². The molecule has 0 aromatic carbocycles. The predicted octanol–water partition coefficient (Wildman–Crippen LogP) is 1.67. The van der Waals surface area contributed by atoms with Crippen molar-refractivity contribution in [1.29, 1.82) is 0 Å². The average Bonchev–Trinajstić information content (AvgIpc) is 3.13. The zero-order valence-electron chi connectivity index (χ0n) is 11.9. The fourth-order valence-corrected chi connectivity index (χ4v) is 3.89. The summed E-state index contributed by atoms with van der Waals surface area (Å²) in [6, 6.07) is 0.820. The SMILES string of the molecule is CC(N)(CN1CCC(N2CCCCC2)C1)C1CC1. The van der Waals surface area contributed by atoms with E-state index in [1.54, 1.807) is 0 Å². The Morgan fingerprint density at radius 2 is 1.78 bits per heavy atom. The van der Waals surface area contributed by atoms with E-state index in [0.29, 0.717) is 0 Å². The molecule has 0 amide bonds. The van der Waals surface area contributed by atoms with Gasteiger partial charge in [0.1, 0.15) is 0 Å². The lowest BCUT2D eigenvalue weighted by Crippen LogP contribution is -2.50. The van der Waals surface area contributed by atoms with E-state index in [2.05, 4.69) is 16.7 Å². The number of rotatable bonds is 4. The van der Waals surface area contributed by atoms with Gasteiger partial charge in [-0.25, -0.2) is 0 Å². The van der Waals surface area contributed by atoms with Gasteiger partial charge in [0.15, 0.2) is 0 Å². The minimum absolute atomic E-state index is 0.0663. The van der Waals surface area contributed by atoms with Crippen LogP contribution in [0.4, 0.5) is 0 Å². The highest BCUT2D eigenvalue weighted by molar-refractivity contribution is 4.99. The molecule has 0 aromatic rings. The molecule has 2 N–H and O–H groups in total. The molecule has 0 radical (unpaired) electrons. The third-order valence-corrected chi connectivity index (χ3v) is 5.23. The van der Waals surface area contributed by atoms with Gasteiger partial charge < -0.3 is 5.73 Å². The maximum Gasteiger partial charge on any atom is 0.0283 e. The van der Waals surface area contributed by atoms with E-state index >= 15 is 0 Å². The summed E-state index contributed by atoms with van der Waals surface area (Å²) in [5.41, 5.74) is 6.54. The summed E-state index contributed by atoms with van der Waals surface area (Å²) in [7, 11) is 0. The number of nitrogens with two attached hydrogens (primary N) is 1. The molecule has 3 heteroatoms. The molecule has 0 bridgehead atoms. The first-order chi connectivity index (χ1) is 8.65. The predicted molar refractivity (Wildman–Crippen MR) is 75.6 cm³/mol. The molecular formula is C15H29N3. The first-order valence-electron chi connectivity index (χ1n) is 7.90. The van der Waals surface area contributed by atoms with Gasteiger partial charge in [0.05, 0.1) is 0 Å². The molecule has 3 rings (SSSR count). The van der Waals surface area contributed by atoms with Gasteiger partial charge in [0.25, 0.3) is 0 Å². The van der Waals surface area contributed by atoms with Crippen molar-refractivity contribution in [1.82, 2.24) is 9.80 Å². The number of nitrogens with zero attached hydrogens (tertiary/aromatic N) is 2. The van der Waals surface area contributed by atoms with Crippen LogP contribution in [-0.4, -0.2) is 54.1 Å². The summed E-state index contributed by atoms with van der Waals surface area (Å²) in [5, 5.41) is 0. The monoisotopic (exact) mass is 251 g/mol. The standard InChI is InChI=1S/C15H29N3/c1-15(16,13-5-6-13)12-17-10-7-14(11-17)18-8-3-2-4-9-18/h13-14H,2-12,16H2,1H3. The van der Waals surface area contributed by atoms with Gasteiger partial charge >= 0.3 is 0 Å². The maximum absolute atomic E-state index is 6.47. The topological polar surface area (TPSA) is 32.5 Å². The van der Waals surface area contributed by atoms with Crippen LogP contribution in [0.3, 0.4) is 0 Å². The molecule has 3 fully saturated rings. The third-order valence-electron chi connectivity index (χ3n) is 5.23. The third kappa shape index (κ3) is 2.89. The highest BCUT2D eigenvalue weighted by atomic mass is 15.3. The van der Waals surface area contributed by atoms with E-state index in [1.165, 1.54) is 64.7 Å². The summed E-state index contributed by atoms with van der Waals surface area (Å²) in [6.45, 7) is 8.57. The molecule has 104 valence electrons. The van der Waals surface area contributed by atoms with Crippen molar-refractivity contribution < 1.29 is 0 Å². The molecule has 3 nitrogen and oxygen atoms in total. The highest BCUT2D eigenvalue weighted by Crippen LogP contribution is 2.38. The van der Waals surface area contributed by atoms with E-state index in [-0.39, 0.29) is 5.54 Å². The fourth-order valence-electron chi connectivity index (χ4n) is 3.89.